The summed E-state index contributed by atoms with van der Waals surface area (Å²) in [5, 5.41) is 3.06. The Balaban J connectivity index is 1.38. The SMILES string of the molecule is Cc1cc(C(=O)Nc2cccc(N3CCCn4c(nc5ccccc54)C3)c2)sc1C. The molecule has 4 aromatic rings. The predicted molar refractivity (Wildman–Crippen MR) is 124 cm³/mol. The number of imidazole rings is 1. The number of nitrogens with zero attached hydrogens (tertiary/aromatic N) is 3. The van der Waals surface area contributed by atoms with E-state index in [0.717, 1.165) is 59.2 Å². The second-order valence-electron chi connectivity index (χ2n) is 7.80. The number of carbonyl (C=O) groups is 1. The lowest BCUT2D eigenvalue weighted by Crippen LogP contribution is -2.23. The quantitative estimate of drug-likeness (QED) is 0.488. The maximum absolute atomic E-state index is 12.7. The van der Waals surface area contributed by atoms with Crippen molar-refractivity contribution >= 4 is 39.7 Å². The molecule has 0 radical (unpaired) electrons. The molecule has 0 saturated heterocycles. The Morgan fingerprint density at radius 3 is 2.77 bits per heavy atom. The van der Waals surface area contributed by atoms with Crippen LogP contribution < -0.4 is 10.2 Å². The molecule has 1 amide bonds. The van der Waals surface area contributed by atoms with Gasteiger partial charge in [-0.1, -0.05) is 18.2 Å². The summed E-state index contributed by atoms with van der Waals surface area (Å²) >= 11 is 1.54. The molecule has 30 heavy (non-hydrogen) atoms. The third-order valence-corrected chi connectivity index (χ3v) is 6.89. The summed E-state index contributed by atoms with van der Waals surface area (Å²) in [4.78, 5) is 21.8. The monoisotopic (exact) mass is 416 g/mol. The molecule has 6 heteroatoms. The maximum atomic E-state index is 12.7. The molecular formula is C24H24N4OS. The van der Waals surface area contributed by atoms with Gasteiger partial charge in [0, 0.05) is 29.3 Å². The molecule has 0 atom stereocenters. The number of aromatic nitrogens is 2. The van der Waals surface area contributed by atoms with Crippen LogP contribution in [0.15, 0.2) is 54.6 Å². The van der Waals surface area contributed by atoms with Gasteiger partial charge in [-0.3, -0.25) is 4.79 Å². The summed E-state index contributed by atoms with van der Waals surface area (Å²) in [7, 11) is 0. The molecule has 0 unspecified atom stereocenters. The minimum absolute atomic E-state index is 0.0500. The molecule has 5 rings (SSSR count). The third-order valence-electron chi connectivity index (χ3n) is 5.73. The number of thiophene rings is 1. The van der Waals surface area contributed by atoms with Crippen molar-refractivity contribution in [2.45, 2.75) is 33.4 Å². The van der Waals surface area contributed by atoms with E-state index in [-0.39, 0.29) is 5.91 Å². The van der Waals surface area contributed by atoms with Crippen LogP contribution in [-0.4, -0.2) is 22.0 Å². The van der Waals surface area contributed by atoms with Crippen molar-refractivity contribution in [3.63, 3.8) is 0 Å². The van der Waals surface area contributed by atoms with E-state index in [4.69, 9.17) is 4.98 Å². The van der Waals surface area contributed by atoms with Crippen molar-refractivity contribution in [3.05, 3.63) is 75.7 Å². The number of carbonyl (C=O) groups excluding carboxylic acids is 1. The largest absolute Gasteiger partial charge is 0.364 e. The molecule has 0 spiro atoms. The molecular weight excluding hydrogens is 392 g/mol. The first-order valence-corrected chi connectivity index (χ1v) is 11.1. The fraction of sp³-hybridized carbons (Fsp3) is 0.250. The summed E-state index contributed by atoms with van der Waals surface area (Å²) in [6, 6.07) is 18.4. The van der Waals surface area contributed by atoms with Crippen LogP contribution in [0.3, 0.4) is 0 Å². The number of nitrogens with one attached hydrogen (secondary N) is 1. The summed E-state index contributed by atoms with van der Waals surface area (Å²) < 4.78 is 2.34. The van der Waals surface area contributed by atoms with Crippen LogP contribution >= 0.6 is 11.3 Å². The van der Waals surface area contributed by atoms with Crippen LogP contribution in [0.1, 0.15) is 32.4 Å². The molecule has 1 N–H and O–H groups in total. The number of rotatable bonds is 3. The van der Waals surface area contributed by atoms with Crippen LogP contribution in [0.2, 0.25) is 0 Å². The molecule has 5 nitrogen and oxygen atoms in total. The van der Waals surface area contributed by atoms with Gasteiger partial charge in [-0.15, -0.1) is 11.3 Å². The van der Waals surface area contributed by atoms with Crippen LogP contribution in [0.5, 0.6) is 0 Å². The highest BCUT2D eigenvalue weighted by atomic mass is 32.1. The van der Waals surface area contributed by atoms with Crippen LogP contribution in [0.25, 0.3) is 11.0 Å². The first-order chi connectivity index (χ1) is 14.6. The van der Waals surface area contributed by atoms with Crippen molar-refractivity contribution in [1.82, 2.24) is 9.55 Å². The van der Waals surface area contributed by atoms with Gasteiger partial charge in [0.1, 0.15) is 5.82 Å². The van der Waals surface area contributed by atoms with E-state index in [1.165, 1.54) is 21.7 Å². The Morgan fingerprint density at radius 2 is 1.93 bits per heavy atom. The van der Waals surface area contributed by atoms with E-state index in [2.05, 4.69) is 45.1 Å². The lowest BCUT2D eigenvalue weighted by Gasteiger charge is -2.22. The Morgan fingerprint density at radius 1 is 1.07 bits per heavy atom. The summed E-state index contributed by atoms with van der Waals surface area (Å²) in [5.74, 6) is 1.04. The van der Waals surface area contributed by atoms with Crippen molar-refractivity contribution in [2.24, 2.45) is 0 Å². The Bertz CT molecular complexity index is 1220. The van der Waals surface area contributed by atoms with Crippen molar-refractivity contribution in [1.29, 1.82) is 0 Å². The van der Waals surface area contributed by atoms with Gasteiger partial charge in [-0.2, -0.15) is 0 Å². The Hall–Kier alpha value is -3.12. The minimum Gasteiger partial charge on any atom is -0.364 e. The van der Waals surface area contributed by atoms with Crippen molar-refractivity contribution in [3.8, 4) is 0 Å². The van der Waals surface area contributed by atoms with Gasteiger partial charge in [0.25, 0.3) is 5.91 Å². The number of anilines is 2. The van der Waals surface area contributed by atoms with Crippen molar-refractivity contribution < 1.29 is 4.79 Å². The fourth-order valence-corrected chi connectivity index (χ4v) is 4.97. The molecule has 1 aliphatic heterocycles. The lowest BCUT2D eigenvalue weighted by molar-refractivity contribution is 0.103. The van der Waals surface area contributed by atoms with Gasteiger partial charge in [-0.05, 0) is 62.2 Å². The average molecular weight is 417 g/mol. The number of amides is 1. The van der Waals surface area contributed by atoms with Crippen LogP contribution in [-0.2, 0) is 13.1 Å². The normalized spacial score (nSPS) is 13.9. The van der Waals surface area contributed by atoms with Gasteiger partial charge in [0.2, 0.25) is 0 Å². The fourth-order valence-electron chi connectivity index (χ4n) is 4.04. The summed E-state index contributed by atoms with van der Waals surface area (Å²) in [5.41, 5.74) is 5.34. The standard InChI is InChI=1S/C24H24N4OS/c1-16-13-22(30-17(16)2)24(29)25-18-7-5-8-19(14-18)27-11-6-12-28-21-10-4-3-9-20(21)26-23(28)15-27/h3-5,7-10,13-14H,6,11-12,15H2,1-2H3,(H,25,29). The summed E-state index contributed by atoms with van der Waals surface area (Å²) in [6.07, 6.45) is 1.05. The highest BCUT2D eigenvalue weighted by Crippen LogP contribution is 2.27. The number of fused-ring (bicyclic) bond motifs is 3. The molecule has 2 aromatic carbocycles. The maximum Gasteiger partial charge on any atom is 0.265 e. The van der Waals surface area contributed by atoms with E-state index in [0.29, 0.717) is 0 Å². The number of hydrogen-bond acceptors (Lipinski definition) is 4. The zero-order valence-electron chi connectivity index (χ0n) is 17.2. The predicted octanol–water partition coefficient (Wildman–Crippen LogP) is 5.38. The zero-order chi connectivity index (χ0) is 20.7. The Kier molecular flexibility index (Phi) is 4.79. The molecule has 0 bridgehead atoms. The van der Waals surface area contributed by atoms with Gasteiger partial charge >= 0.3 is 0 Å². The molecule has 2 aromatic heterocycles. The zero-order valence-corrected chi connectivity index (χ0v) is 18.0. The van der Waals surface area contributed by atoms with Crippen LogP contribution in [0.4, 0.5) is 11.4 Å². The highest BCUT2D eigenvalue weighted by molar-refractivity contribution is 7.14. The average Bonchev–Trinajstić information content (AvgIpc) is 3.18. The third kappa shape index (κ3) is 3.48. The first-order valence-electron chi connectivity index (χ1n) is 10.3. The van der Waals surface area contributed by atoms with E-state index >= 15 is 0 Å². The molecule has 0 saturated carbocycles. The molecule has 1 aliphatic rings. The second kappa shape index (κ2) is 7.61. The highest BCUT2D eigenvalue weighted by Gasteiger charge is 2.19. The molecule has 152 valence electrons. The number of benzene rings is 2. The topological polar surface area (TPSA) is 50.2 Å². The van der Waals surface area contributed by atoms with E-state index in [9.17, 15) is 4.79 Å². The Labute approximate surface area is 180 Å². The molecule has 0 aliphatic carbocycles. The van der Waals surface area contributed by atoms with Gasteiger partial charge in [0.05, 0.1) is 22.5 Å². The van der Waals surface area contributed by atoms with Crippen molar-refractivity contribution in [2.75, 3.05) is 16.8 Å². The minimum atomic E-state index is -0.0500. The summed E-state index contributed by atoms with van der Waals surface area (Å²) in [6.45, 7) is 6.77. The number of para-hydroxylation sites is 2. The van der Waals surface area contributed by atoms with Gasteiger partial charge in [-0.25, -0.2) is 4.98 Å². The second-order valence-corrected chi connectivity index (χ2v) is 9.05. The van der Waals surface area contributed by atoms with Gasteiger partial charge < -0.3 is 14.8 Å². The van der Waals surface area contributed by atoms with E-state index < -0.39 is 0 Å². The first kappa shape index (κ1) is 18.9. The smallest absolute Gasteiger partial charge is 0.265 e. The van der Waals surface area contributed by atoms with E-state index in [1.807, 2.05) is 38.1 Å². The molecule has 0 fully saturated rings. The van der Waals surface area contributed by atoms with E-state index in [1.54, 1.807) is 0 Å². The number of aryl methyl sites for hydroxylation is 3. The van der Waals surface area contributed by atoms with Crippen LogP contribution in [0, 0.1) is 13.8 Å². The number of hydrogen-bond donors (Lipinski definition) is 1. The lowest BCUT2D eigenvalue weighted by atomic mass is 10.2. The molecule has 3 heterocycles. The van der Waals surface area contributed by atoms with Gasteiger partial charge in [0.15, 0.2) is 0 Å².